The fourth-order valence-corrected chi connectivity index (χ4v) is 4.56. The summed E-state index contributed by atoms with van der Waals surface area (Å²) < 4.78 is 32.9. The van der Waals surface area contributed by atoms with Crippen molar-refractivity contribution < 1.29 is 17.9 Å². The van der Waals surface area contributed by atoms with Gasteiger partial charge in [-0.05, 0) is 54.4 Å². The summed E-state index contributed by atoms with van der Waals surface area (Å²) in [5.41, 5.74) is 2.02. The van der Waals surface area contributed by atoms with Gasteiger partial charge < -0.3 is 10.1 Å². The lowest BCUT2D eigenvalue weighted by Crippen LogP contribution is -2.37. The van der Waals surface area contributed by atoms with Gasteiger partial charge in [-0.15, -0.1) is 0 Å². The lowest BCUT2D eigenvalue weighted by Gasteiger charge is -2.22. The summed E-state index contributed by atoms with van der Waals surface area (Å²) in [5.74, 6) is 0.0844. The number of ether oxygens (including phenoxy) is 1. The molecule has 0 saturated heterocycles. The topological polar surface area (TPSA) is 75.7 Å². The van der Waals surface area contributed by atoms with Crippen molar-refractivity contribution >= 4 is 33.2 Å². The van der Waals surface area contributed by atoms with Crippen LogP contribution in [0.4, 0.5) is 5.69 Å². The first kappa shape index (κ1) is 22.8. The molecule has 3 aromatic carbocycles. The molecule has 0 saturated carbocycles. The van der Waals surface area contributed by atoms with Gasteiger partial charge in [-0.3, -0.25) is 4.79 Å². The van der Waals surface area contributed by atoms with Crippen LogP contribution in [0.2, 0.25) is 5.02 Å². The molecule has 1 amide bonds. The Labute approximate surface area is 187 Å². The van der Waals surface area contributed by atoms with E-state index in [9.17, 15) is 13.2 Å². The van der Waals surface area contributed by atoms with Crippen molar-refractivity contribution in [1.82, 2.24) is 4.31 Å². The van der Waals surface area contributed by atoms with Crippen molar-refractivity contribution in [3.63, 3.8) is 0 Å². The molecule has 0 bridgehead atoms. The summed E-state index contributed by atoms with van der Waals surface area (Å²) in [6.07, 6.45) is 0. The predicted molar refractivity (Wildman–Crippen MR) is 122 cm³/mol. The molecule has 8 heteroatoms. The highest BCUT2D eigenvalue weighted by Crippen LogP contribution is 2.24. The molecular formula is C23H23ClN2O4S. The number of amides is 1. The molecule has 3 aromatic rings. The van der Waals surface area contributed by atoms with Crippen LogP contribution in [0.5, 0.6) is 5.75 Å². The maximum absolute atomic E-state index is 13.3. The first-order valence-electron chi connectivity index (χ1n) is 9.54. The predicted octanol–water partition coefficient (Wildman–Crippen LogP) is 4.49. The number of sulfonamides is 1. The van der Waals surface area contributed by atoms with Gasteiger partial charge in [0, 0.05) is 17.3 Å². The van der Waals surface area contributed by atoms with Gasteiger partial charge in [0.05, 0.1) is 18.6 Å². The summed E-state index contributed by atoms with van der Waals surface area (Å²) >= 11 is 6.12. The van der Waals surface area contributed by atoms with Crippen molar-refractivity contribution in [2.24, 2.45) is 0 Å². The molecule has 31 heavy (non-hydrogen) atoms. The maximum Gasteiger partial charge on any atom is 0.243 e. The van der Waals surface area contributed by atoms with E-state index in [1.807, 2.05) is 30.3 Å². The number of nitrogens with zero attached hydrogens (tertiary/aromatic N) is 1. The fraction of sp³-hybridized carbons (Fsp3) is 0.174. The number of hydrogen-bond donors (Lipinski definition) is 1. The van der Waals surface area contributed by atoms with Crippen molar-refractivity contribution in [3.05, 3.63) is 88.9 Å². The molecule has 6 nitrogen and oxygen atoms in total. The summed E-state index contributed by atoms with van der Waals surface area (Å²) in [6.45, 7) is 1.49. The minimum atomic E-state index is -3.94. The Morgan fingerprint density at radius 3 is 2.32 bits per heavy atom. The zero-order chi connectivity index (χ0) is 22.4. The molecule has 0 radical (unpaired) electrons. The third-order valence-corrected chi connectivity index (χ3v) is 6.98. The van der Waals surface area contributed by atoms with Gasteiger partial charge in [-0.25, -0.2) is 8.42 Å². The van der Waals surface area contributed by atoms with E-state index in [1.54, 1.807) is 37.3 Å². The highest BCUT2D eigenvalue weighted by atomic mass is 35.5. The van der Waals surface area contributed by atoms with Crippen LogP contribution in [0.3, 0.4) is 0 Å². The van der Waals surface area contributed by atoms with E-state index in [4.69, 9.17) is 16.3 Å². The molecular weight excluding hydrogens is 436 g/mol. The molecule has 0 unspecified atom stereocenters. The molecule has 1 N–H and O–H groups in total. The number of hydrogen-bond acceptors (Lipinski definition) is 4. The van der Waals surface area contributed by atoms with Gasteiger partial charge >= 0.3 is 0 Å². The zero-order valence-electron chi connectivity index (χ0n) is 17.2. The van der Waals surface area contributed by atoms with Crippen molar-refractivity contribution in [1.29, 1.82) is 0 Å². The third-order valence-electron chi connectivity index (χ3n) is 4.76. The van der Waals surface area contributed by atoms with Crippen molar-refractivity contribution in [3.8, 4) is 5.75 Å². The molecule has 0 fully saturated rings. The lowest BCUT2D eigenvalue weighted by molar-refractivity contribution is -0.116. The van der Waals surface area contributed by atoms with Gasteiger partial charge in [-0.2, -0.15) is 4.31 Å². The van der Waals surface area contributed by atoms with Crippen molar-refractivity contribution in [2.45, 2.75) is 18.4 Å². The molecule has 162 valence electrons. The van der Waals surface area contributed by atoms with Crippen LogP contribution < -0.4 is 10.1 Å². The Morgan fingerprint density at radius 1 is 1.00 bits per heavy atom. The second kappa shape index (κ2) is 9.96. The monoisotopic (exact) mass is 458 g/mol. The number of benzene rings is 3. The lowest BCUT2D eigenvalue weighted by atomic mass is 10.2. The second-order valence-electron chi connectivity index (χ2n) is 6.89. The second-order valence-corrected chi connectivity index (χ2v) is 9.24. The number of carbonyl (C=O) groups excluding carboxylic acids is 1. The van der Waals surface area contributed by atoms with Gasteiger partial charge in [0.15, 0.2) is 0 Å². The van der Waals surface area contributed by atoms with E-state index in [-0.39, 0.29) is 18.0 Å². The molecule has 0 aromatic heterocycles. The van der Waals surface area contributed by atoms with Crippen LogP contribution >= 0.6 is 11.6 Å². The number of methoxy groups -OCH3 is 1. The van der Waals surface area contributed by atoms with Crippen LogP contribution in [0, 0.1) is 6.92 Å². The van der Waals surface area contributed by atoms with Gasteiger partial charge in [0.25, 0.3) is 0 Å². The summed E-state index contributed by atoms with van der Waals surface area (Å²) in [7, 11) is -2.43. The highest BCUT2D eigenvalue weighted by molar-refractivity contribution is 7.89. The van der Waals surface area contributed by atoms with E-state index in [2.05, 4.69) is 5.32 Å². The van der Waals surface area contributed by atoms with E-state index in [0.29, 0.717) is 22.0 Å². The number of anilines is 1. The van der Waals surface area contributed by atoms with Crippen LogP contribution in [0.25, 0.3) is 0 Å². The first-order chi connectivity index (χ1) is 14.8. The van der Waals surface area contributed by atoms with E-state index < -0.39 is 15.9 Å². The number of halogens is 1. The summed E-state index contributed by atoms with van der Waals surface area (Å²) in [5, 5.41) is 3.28. The minimum Gasteiger partial charge on any atom is -0.497 e. The Hall–Kier alpha value is -2.87. The highest BCUT2D eigenvalue weighted by Gasteiger charge is 2.27. The van der Waals surface area contributed by atoms with Crippen LogP contribution in [0.1, 0.15) is 11.1 Å². The molecule has 0 aliphatic carbocycles. The maximum atomic E-state index is 13.3. The molecule has 0 atom stereocenters. The van der Waals surface area contributed by atoms with Crippen LogP contribution in [-0.2, 0) is 21.4 Å². The third kappa shape index (κ3) is 5.64. The van der Waals surface area contributed by atoms with Gasteiger partial charge in [0.1, 0.15) is 5.75 Å². The Morgan fingerprint density at radius 2 is 1.68 bits per heavy atom. The zero-order valence-corrected chi connectivity index (χ0v) is 18.8. The average Bonchev–Trinajstić information content (AvgIpc) is 2.77. The standard InChI is InChI=1S/C23H23ClN2O4S/c1-17-21(24)9-6-10-22(17)25-23(27)16-26(15-18-7-4-3-5-8-18)31(28,29)20-13-11-19(30-2)12-14-20/h3-14H,15-16H2,1-2H3,(H,25,27). The quantitative estimate of drug-likeness (QED) is 0.539. The first-order valence-corrected chi connectivity index (χ1v) is 11.4. The molecule has 0 aliphatic rings. The van der Waals surface area contributed by atoms with Gasteiger partial charge in [-0.1, -0.05) is 48.0 Å². The Kier molecular flexibility index (Phi) is 7.33. The van der Waals surface area contributed by atoms with Crippen molar-refractivity contribution in [2.75, 3.05) is 19.0 Å². The smallest absolute Gasteiger partial charge is 0.243 e. The van der Waals surface area contributed by atoms with Crippen LogP contribution in [-0.4, -0.2) is 32.3 Å². The number of carbonyl (C=O) groups is 1. The average molecular weight is 459 g/mol. The number of rotatable bonds is 8. The largest absolute Gasteiger partial charge is 0.497 e. The SMILES string of the molecule is COc1ccc(S(=O)(=O)N(CC(=O)Nc2cccc(Cl)c2C)Cc2ccccc2)cc1. The summed E-state index contributed by atoms with van der Waals surface area (Å²) in [6, 6.07) is 20.4. The Bertz CT molecular complexity index is 1150. The van der Waals surface area contributed by atoms with Gasteiger partial charge in [0.2, 0.25) is 15.9 Å². The normalized spacial score (nSPS) is 11.4. The minimum absolute atomic E-state index is 0.0527. The van der Waals surface area contributed by atoms with E-state index in [0.717, 1.165) is 9.87 Å². The number of nitrogens with one attached hydrogen (secondary N) is 1. The van der Waals surface area contributed by atoms with Crippen LogP contribution in [0.15, 0.2) is 77.7 Å². The Balaban J connectivity index is 1.88. The molecule has 0 spiro atoms. The fourth-order valence-electron chi connectivity index (χ4n) is 3.00. The molecule has 0 heterocycles. The molecule has 3 rings (SSSR count). The van der Waals surface area contributed by atoms with E-state index in [1.165, 1.54) is 19.2 Å². The summed E-state index contributed by atoms with van der Waals surface area (Å²) in [4.78, 5) is 12.9. The molecule has 0 aliphatic heterocycles. The van der Waals surface area contributed by atoms with E-state index >= 15 is 0 Å².